The van der Waals surface area contributed by atoms with Gasteiger partial charge in [-0.3, -0.25) is 4.79 Å². The minimum absolute atomic E-state index is 0.117. The first-order valence-corrected chi connectivity index (χ1v) is 8.37. The van der Waals surface area contributed by atoms with Crippen LogP contribution < -0.4 is 0 Å². The van der Waals surface area contributed by atoms with Crippen molar-refractivity contribution in [3.63, 3.8) is 0 Å². The van der Waals surface area contributed by atoms with Gasteiger partial charge in [0.15, 0.2) is 0 Å². The van der Waals surface area contributed by atoms with Crippen LogP contribution in [0.5, 0.6) is 0 Å². The van der Waals surface area contributed by atoms with Gasteiger partial charge in [-0.15, -0.1) is 0 Å². The van der Waals surface area contributed by atoms with Gasteiger partial charge in [-0.1, -0.05) is 11.6 Å². The highest BCUT2D eigenvalue weighted by Crippen LogP contribution is 2.64. The van der Waals surface area contributed by atoms with Crippen LogP contribution in [0.1, 0.15) is 23.3 Å². The molecule has 1 aliphatic heterocycles. The number of piperidine rings is 1. The van der Waals surface area contributed by atoms with Crippen molar-refractivity contribution in [1.82, 2.24) is 9.47 Å². The first kappa shape index (κ1) is 13.4. The standard InChI is InChI=1S/C16H19ClN2O3/c1-18-5-6(17)2-11(18)16(22)19-10-4-7-8-3-9(12(7)15(10)21)13(19)14(8)20/h2,5,7-10,12-15,20-21H,3-4H2,1H3/t7-,8-,9+,10+,12+,13-,14-,15-/m1/s1. The first-order valence-electron chi connectivity index (χ1n) is 7.99. The Morgan fingerprint density at radius 3 is 2.68 bits per heavy atom. The zero-order valence-electron chi connectivity index (χ0n) is 12.3. The van der Waals surface area contributed by atoms with E-state index in [1.165, 1.54) is 0 Å². The van der Waals surface area contributed by atoms with Gasteiger partial charge in [-0.05, 0) is 42.6 Å². The van der Waals surface area contributed by atoms with Gasteiger partial charge < -0.3 is 19.7 Å². The maximum Gasteiger partial charge on any atom is 0.271 e. The van der Waals surface area contributed by atoms with Crippen LogP contribution >= 0.6 is 11.6 Å². The Hall–Kier alpha value is -1.04. The SMILES string of the molecule is Cn1cc(Cl)cc1C(=O)N1[C@H]2[C@H](O)[C@@H]3C[C@H]2[C@H]2[C@H](O)[C@@H]1C[C@H]32. The second-order valence-corrected chi connectivity index (χ2v) is 7.88. The third-order valence-corrected chi connectivity index (χ3v) is 6.92. The molecule has 4 aliphatic rings. The van der Waals surface area contributed by atoms with Gasteiger partial charge in [-0.25, -0.2) is 0 Å². The van der Waals surface area contributed by atoms with E-state index in [1.54, 1.807) is 28.8 Å². The molecule has 5 nitrogen and oxygen atoms in total. The number of carbonyl (C=O) groups is 1. The summed E-state index contributed by atoms with van der Waals surface area (Å²) in [5.74, 6) is 1.05. The normalized spacial score (nSPS) is 47.7. The molecule has 4 bridgehead atoms. The molecule has 2 N–H and O–H groups in total. The molecule has 3 aliphatic carbocycles. The van der Waals surface area contributed by atoms with Crippen molar-refractivity contribution in [1.29, 1.82) is 0 Å². The number of nitrogens with zero attached hydrogens (tertiary/aromatic N) is 2. The predicted molar refractivity (Wildman–Crippen MR) is 79.4 cm³/mol. The maximum atomic E-state index is 13.1. The lowest BCUT2D eigenvalue weighted by Gasteiger charge is -2.48. The minimum Gasteiger partial charge on any atom is -0.391 e. The lowest BCUT2D eigenvalue weighted by Crippen LogP contribution is -2.62. The monoisotopic (exact) mass is 322 g/mol. The van der Waals surface area contributed by atoms with E-state index in [0.717, 1.165) is 12.8 Å². The molecule has 22 heavy (non-hydrogen) atoms. The highest BCUT2D eigenvalue weighted by atomic mass is 35.5. The Morgan fingerprint density at radius 2 is 2.00 bits per heavy atom. The van der Waals surface area contributed by atoms with Crippen molar-refractivity contribution in [3.8, 4) is 0 Å². The summed E-state index contributed by atoms with van der Waals surface area (Å²) in [6.45, 7) is 0. The van der Waals surface area contributed by atoms with E-state index in [4.69, 9.17) is 11.6 Å². The summed E-state index contributed by atoms with van der Waals surface area (Å²) in [7, 11) is 1.80. The van der Waals surface area contributed by atoms with Crippen molar-refractivity contribution in [3.05, 3.63) is 23.0 Å². The Balaban J connectivity index is 1.60. The molecular weight excluding hydrogens is 304 g/mol. The summed E-state index contributed by atoms with van der Waals surface area (Å²) in [5.41, 5.74) is 0.524. The average Bonchev–Trinajstić information content (AvgIpc) is 3.11. The number of aliphatic hydroxyl groups excluding tert-OH is 2. The molecule has 4 fully saturated rings. The van der Waals surface area contributed by atoms with E-state index in [1.807, 2.05) is 0 Å². The van der Waals surface area contributed by atoms with E-state index >= 15 is 0 Å². The van der Waals surface area contributed by atoms with Crippen LogP contribution in [0, 0.1) is 23.7 Å². The van der Waals surface area contributed by atoms with Gasteiger partial charge in [0.2, 0.25) is 0 Å². The summed E-state index contributed by atoms with van der Waals surface area (Å²) in [4.78, 5) is 14.9. The van der Waals surface area contributed by atoms with Crippen LogP contribution in [-0.2, 0) is 7.05 Å². The molecular formula is C16H19ClN2O3. The molecule has 0 radical (unpaired) electrons. The van der Waals surface area contributed by atoms with E-state index < -0.39 is 12.2 Å². The number of fused-ring (bicyclic) bond motifs is 3. The predicted octanol–water partition coefficient (Wildman–Crippen LogP) is 0.879. The van der Waals surface area contributed by atoms with Crippen molar-refractivity contribution in [2.45, 2.75) is 37.1 Å². The van der Waals surface area contributed by atoms with Gasteiger partial charge in [0.05, 0.1) is 29.3 Å². The number of aryl methyl sites for hydroxylation is 1. The lowest BCUT2D eigenvalue weighted by molar-refractivity contribution is -0.0838. The third-order valence-electron chi connectivity index (χ3n) is 6.72. The Kier molecular flexibility index (Phi) is 2.48. The number of rotatable bonds is 1. The van der Waals surface area contributed by atoms with Crippen molar-refractivity contribution >= 4 is 17.5 Å². The fourth-order valence-electron chi connectivity index (χ4n) is 6.05. The number of halogens is 1. The summed E-state index contributed by atoms with van der Waals surface area (Å²) in [6, 6.07) is 1.38. The quantitative estimate of drug-likeness (QED) is 0.806. The molecule has 5 rings (SSSR count). The van der Waals surface area contributed by atoms with Crippen LogP contribution in [0.4, 0.5) is 0 Å². The van der Waals surface area contributed by atoms with Gasteiger partial charge in [0.25, 0.3) is 5.91 Å². The zero-order chi connectivity index (χ0) is 15.3. The molecule has 118 valence electrons. The van der Waals surface area contributed by atoms with Crippen LogP contribution in [0.15, 0.2) is 12.3 Å². The van der Waals surface area contributed by atoms with Gasteiger partial charge in [-0.2, -0.15) is 0 Å². The summed E-state index contributed by atoms with van der Waals surface area (Å²) >= 11 is 6.01. The highest BCUT2D eigenvalue weighted by molar-refractivity contribution is 6.31. The third kappa shape index (κ3) is 1.36. The van der Waals surface area contributed by atoms with E-state index in [-0.39, 0.29) is 35.7 Å². The molecule has 0 spiro atoms. The number of likely N-dealkylation sites (tertiary alicyclic amines) is 1. The molecule has 1 saturated heterocycles. The molecule has 1 amide bonds. The Morgan fingerprint density at radius 1 is 1.23 bits per heavy atom. The van der Waals surface area contributed by atoms with Crippen molar-refractivity contribution < 1.29 is 15.0 Å². The van der Waals surface area contributed by atoms with Crippen molar-refractivity contribution in [2.24, 2.45) is 30.7 Å². The van der Waals surface area contributed by atoms with E-state index in [9.17, 15) is 15.0 Å². The first-order chi connectivity index (χ1) is 10.5. The van der Waals surface area contributed by atoms with E-state index in [2.05, 4.69) is 0 Å². The van der Waals surface area contributed by atoms with Crippen LogP contribution in [0.3, 0.4) is 0 Å². The highest BCUT2D eigenvalue weighted by Gasteiger charge is 2.70. The average molecular weight is 323 g/mol. The smallest absolute Gasteiger partial charge is 0.271 e. The Bertz CT molecular complexity index is 674. The van der Waals surface area contributed by atoms with Crippen LogP contribution in [-0.4, -0.2) is 49.9 Å². The molecule has 2 heterocycles. The number of hydrogen-bond acceptors (Lipinski definition) is 3. The number of carbonyl (C=O) groups excluding carboxylic acids is 1. The minimum atomic E-state index is -0.441. The number of aliphatic hydroxyl groups is 2. The largest absolute Gasteiger partial charge is 0.391 e. The van der Waals surface area contributed by atoms with E-state index in [0.29, 0.717) is 16.6 Å². The second kappa shape index (κ2) is 4.08. The zero-order valence-corrected chi connectivity index (χ0v) is 13.0. The molecule has 0 unspecified atom stereocenters. The molecule has 1 aromatic rings. The molecule has 3 saturated carbocycles. The summed E-state index contributed by atoms with van der Waals surface area (Å²) in [5, 5.41) is 21.8. The second-order valence-electron chi connectivity index (χ2n) is 7.45. The fraction of sp³-hybridized carbons (Fsp3) is 0.688. The lowest BCUT2D eigenvalue weighted by atomic mass is 9.75. The fourth-order valence-corrected chi connectivity index (χ4v) is 6.30. The van der Waals surface area contributed by atoms with Gasteiger partial charge in [0, 0.05) is 13.2 Å². The van der Waals surface area contributed by atoms with Gasteiger partial charge in [0.1, 0.15) is 5.69 Å². The van der Waals surface area contributed by atoms with Crippen LogP contribution in [0.25, 0.3) is 0 Å². The Labute approximate surface area is 133 Å². The van der Waals surface area contributed by atoms with Crippen LogP contribution in [0.2, 0.25) is 5.02 Å². The topological polar surface area (TPSA) is 65.7 Å². The summed E-state index contributed by atoms with van der Waals surface area (Å²) in [6.07, 6.45) is 2.60. The maximum absolute atomic E-state index is 13.1. The molecule has 6 heteroatoms. The molecule has 0 aromatic carbocycles. The summed E-state index contributed by atoms with van der Waals surface area (Å²) < 4.78 is 1.72. The van der Waals surface area contributed by atoms with Gasteiger partial charge >= 0.3 is 0 Å². The molecule has 8 atom stereocenters. The number of amides is 1. The van der Waals surface area contributed by atoms with Crippen molar-refractivity contribution in [2.75, 3.05) is 0 Å². The number of aromatic nitrogens is 1. The number of hydrogen-bond donors (Lipinski definition) is 2. The molecule has 1 aromatic heterocycles.